The summed E-state index contributed by atoms with van der Waals surface area (Å²) in [4.78, 5) is 0.0668. The van der Waals surface area contributed by atoms with Crippen molar-refractivity contribution in [2.45, 2.75) is 4.90 Å². The monoisotopic (exact) mass is 336 g/mol. The molecule has 0 unspecified atom stereocenters. The molecule has 0 heterocycles. The minimum absolute atomic E-state index is 0.0668. The van der Waals surface area contributed by atoms with Crippen molar-refractivity contribution in [1.82, 2.24) is 0 Å². The Balaban J connectivity index is 2.73. The molecule has 4 nitrogen and oxygen atoms in total. The molecule has 0 saturated heterocycles. The molecule has 2 rings (SSSR count). The molecule has 0 spiro atoms. The highest BCUT2D eigenvalue weighted by Gasteiger charge is 2.18. The first kappa shape index (κ1) is 17.3. The molecule has 0 bridgehead atoms. The predicted octanol–water partition coefficient (Wildman–Crippen LogP) is 2.12. The number of rotatable bonds is 5. The molecule has 2 aromatic rings. The van der Waals surface area contributed by atoms with E-state index in [1.165, 1.54) is 30.3 Å². The van der Waals surface area contributed by atoms with Gasteiger partial charge in [0.25, 0.3) is 0 Å². The van der Waals surface area contributed by atoms with E-state index in [1.54, 1.807) is 18.2 Å². The standard InChI is InChI=1S/C17H17FO4S/c1-23(21,22)17-5-3-2-4-14(17)16(11-20)15(10-19)12-6-8-13(18)9-7-12/h2-9,19-20H,10-11H2,1H3. The lowest BCUT2D eigenvalue weighted by Crippen LogP contribution is -2.07. The number of sulfone groups is 1. The third-order valence-electron chi connectivity index (χ3n) is 3.48. The molecule has 0 atom stereocenters. The molecule has 2 N–H and O–H groups in total. The average molecular weight is 336 g/mol. The summed E-state index contributed by atoms with van der Waals surface area (Å²) >= 11 is 0. The zero-order chi connectivity index (χ0) is 17.0. The second-order valence-electron chi connectivity index (χ2n) is 5.05. The van der Waals surface area contributed by atoms with Crippen molar-refractivity contribution >= 4 is 21.0 Å². The van der Waals surface area contributed by atoms with E-state index in [-0.39, 0.29) is 4.90 Å². The maximum Gasteiger partial charge on any atom is 0.176 e. The maximum absolute atomic E-state index is 13.1. The van der Waals surface area contributed by atoms with Gasteiger partial charge in [-0.25, -0.2) is 12.8 Å². The van der Waals surface area contributed by atoms with Gasteiger partial charge in [0, 0.05) is 6.26 Å². The normalized spacial score (nSPS) is 12.9. The second-order valence-corrected chi connectivity index (χ2v) is 7.03. The van der Waals surface area contributed by atoms with Crippen molar-refractivity contribution in [2.75, 3.05) is 19.5 Å². The van der Waals surface area contributed by atoms with Crippen LogP contribution in [0.15, 0.2) is 53.4 Å². The number of hydrogen-bond donors (Lipinski definition) is 2. The van der Waals surface area contributed by atoms with Gasteiger partial charge in [0.1, 0.15) is 5.82 Å². The quantitative estimate of drug-likeness (QED) is 0.820. The Hall–Kier alpha value is -2.02. The largest absolute Gasteiger partial charge is 0.392 e. The minimum atomic E-state index is -3.51. The minimum Gasteiger partial charge on any atom is -0.392 e. The fourth-order valence-corrected chi connectivity index (χ4v) is 3.31. The number of hydrogen-bond acceptors (Lipinski definition) is 4. The lowest BCUT2D eigenvalue weighted by atomic mass is 9.95. The van der Waals surface area contributed by atoms with Gasteiger partial charge in [-0.1, -0.05) is 30.3 Å². The van der Waals surface area contributed by atoms with Crippen LogP contribution in [0.25, 0.3) is 11.1 Å². The van der Waals surface area contributed by atoms with Crippen LogP contribution < -0.4 is 0 Å². The van der Waals surface area contributed by atoms with Crippen LogP contribution >= 0.6 is 0 Å². The zero-order valence-electron chi connectivity index (χ0n) is 12.5. The first-order chi connectivity index (χ1) is 10.9. The lowest BCUT2D eigenvalue weighted by Gasteiger charge is -2.15. The van der Waals surface area contributed by atoms with Gasteiger partial charge in [-0.2, -0.15) is 0 Å². The van der Waals surface area contributed by atoms with Gasteiger partial charge in [0.05, 0.1) is 18.1 Å². The Kier molecular flexibility index (Phi) is 5.30. The van der Waals surface area contributed by atoms with Gasteiger partial charge >= 0.3 is 0 Å². The van der Waals surface area contributed by atoms with Crippen LogP contribution in [0.4, 0.5) is 4.39 Å². The number of benzene rings is 2. The van der Waals surface area contributed by atoms with E-state index >= 15 is 0 Å². The van der Waals surface area contributed by atoms with E-state index in [1.807, 2.05) is 0 Å². The fraction of sp³-hybridized carbons (Fsp3) is 0.176. The Labute approximate surface area is 134 Å². The number of aliphatic hydroxyl groups is 2. The molecular formula is C17H17FO4S. The van der Waals surface area contributed by atoms with Crippen molar-refractivity contribution < 1.29 is 23.0 Å². The maximum atomic E-state index is 13.1. The summed E-state index contributed by atoms with van der Waals surface area (Å²) in [5.41, 5.74) is 1.48. The summed E-state index contributed by atoms with van der Waals surface area (Å²) in [5.74, 6) is -0.423. The molecule has 0 aliphatic rings. The Morgan fingerprint density at radius 3 is 2.04 bits per heavy atom. The molecule has 0 amide bonds. The molecular weight excluding hydrogens is 319 g/mol. The van der Waals surface area contributed by atoms with Gasteiger partial charge in [-0.05, 0) is 40.5 Å². The third-order valence-corrected chi connectivity index (χ3v) is 4.64. The van der Waals surface area contributed by atoms with Crippen LogP contribution in [0, 0.1) is 5.82 Å². The van der Waals surface area contributed by atoms with E-state index in [9.17, 15) is 23.0 Å². The fourth-order valence-electron chi connectivity index (χ4n) is 2.39. The smallest absolute Gasteiger partial charge is 0.176 e. The van der Waals surface area contributed by atoms with Crippen molar-refractivity contribution in [3.63, 3.8) is 0 Å². The molecule has 122 valence electrons. The molecule has 0 aromatic heterocycles. The summed E-state index contributed by atoms with van der Waals surface area (Å²) < 4.78 is 37.0. The third kappa shape index (κ3) is 3.85. The van der Waals surface area contributed by atoms with E-state index in [4.69, 9.17) is 0 Å². The lowest BCUT2D eigenvalue weighted by molar-refractivity contribution is 0.340. The van der Waals surface area contributed by atoms with Crippen LogP contribution in [0.1, 0.15) is 11.1 Å². The number of aliphatic hydroxyl groups excluding tert-OH is 2. The molecule has 23 heavy (non-hydrogen) atoms. The van der Waals surface area contributed by atoms with E-state index in [0.29, 0.717) is 22.3 Å². The average Bonchev–Trinajstić information content (AvgIpc) is 2.53. The van der Waals surface area contributed by atoms with Crippen molar-refractivity contribution in [3.05, 3.63) is 65.5 Å². The van der Waals surface area contributed by atoms with Crippen LogP contribution in [0.3, 0.4) is 0 Å². The zero-order valence-corrected chi connectivity index (χ0v) is 13.3. The second kappa shape index (κ2) is 7.04. The summed E-state index contributed by atoms with van der Waals surface area (Å²) in [6.45, 7) is -0.876. The van der Waals surface area contributed by atoms with Crippen molar-refractivity contribution in [3.8, 4) is 0 Å². The molecule has 0 aliphatic carbocycles. The highest BCUT2D eigenvalue weighted by molar-refractivity contribution is 7.90. The van der Waals surface area contributed by atoms with E-state index in [0.717, 1.165) is 6.26 Å². The Morgan fingerprint density at radius 1 is 0.957 bits per heavy atom. The molecule has 0 fully saturated rings. The van der Waals surface area contributed by atoms with Crippen LogP contribution in [0.5, 0.6) is 0 Å². The summed E-state index contributed by atoms with van der Waals surface area (Å²) in [7, 11) is -3.51. The molecule has 0 radical (unpaired) electrons. The van der Waals surface area contributed by atoms with Gasteiger partial charge in [0.2, 0.25) is 0 Å². The molecule has 2 aromatic carbocycles. The highest BCUT2D eigenvalue weighted by atomic mass is 32.2. The predicted molar refractivity (Wildman–Crippen MR) is 86.9 cm³/mol. The highest BCUT2D eigenvalue weighted by Crippen LogP contribution is 2.30. The first-order valence-electron chi connectivity index (χ1n) is 6.87. The summed E-state index contributed by atoms with van der Waals surface area (Å²) in [6.07, 6.45) is 1.08. The van der Waals surface area contributed by atoms with Crippen LogP contribution in [-0.4, -0.2) is 38.1 Å². The SMILES string of the molecule is CS(=O)(=O)c1ccccc1C(CO)=C(CO)c1ccc(F)cc1. The van der Waals surface area contributed by atoms with Crippen LogP contribution in [0.2, 0.25) is 0 Å². The van der Waals surface area contributed by atoms with E-state index < -0.39 is 28.9 Å². The van der Waals surface area contributed by atoms with Gasteiger partial charge in [-0.3, -0.25) is 0 Å². The Morgan fingerprint density at radius 2 is 1.52 bits per heavy atom. The Bertz CT molecular complexity index is 824. The van der Waals surface area contributed by atoms with Gasteiger partial charge in [-0.15, -0.1) is 0 Å². The van der Waals surface area contributed by atoms with Gasteiger partial charge in [0.15, 0.2) is 9.84 Å². The van der Waals surface area contributed by atoms with Gasteiger partial charge < -0.3 is 10.2 Å². The van der Waals surface area contributed by atoms with Crippen LogP contribution in [-0.2, 0) is 9.84 Å². The van der Waals surface area contributed by atoms with Crippen molar-refractivity contribution in [1.29, 1.82) is 0 Å². The molecule has 0 saturated carbocycles. The summed E-state index contributed by atoms with van der Waals surface area (Å²) in [6, 6.07) is 11.7. The van der Waals surface area contributed by atoms with Crippen molar-refractivity contribution in [2.24, 2.45) is 0 Å². The first-order valence-corrected chi connectivity index (χ1v) is 8.76. The molecule has 0 aliphatic heterocycles. The topological polar surface area (TPSA) is 74.6 Å². The summed E-state index contributed by atoms with van der Waals surface area (Å²) in [5, 5.41) is 19.4. The number of halogens is 1. The molecule has 6 heteroatoms. The van der Waals surface area contributed by atoms with E-state index in [2.05, 4.69) is 0 Å².